The van der Waals surface area contributed by atoms with Gasteiger partial charge in [-0.1, -0.05) is 13.3 Å². The molecule has 6 N–H and O–H groups in total. The molecule has 0 radical (unpaired) electrons. The predicted molar refractivity (Wildman–Crippen MR) is 107 cm³/mol. The fraction of sp³-hybridized carbons (Fsp3) is 1.00. The van der Waals surface area contributed by atoms with Crippen molar-refractivity contribution in [2.24, 2.45) is 0 Å². The van der Waals surface area contributed by atoms with Gasteiger partial charge in [0.15, 0.2) is 6.29 Å². The SMILES string of the molecule is CCCCOC[C@H]1O[C@H](OC)[C@@H](OCP(=O)(O)O)[C@@H](OCP(=O)(O)O)[C@H]1OCP(=O)(O)O. The van der Waals surface area contributed by atoms with Crippen molar-refractivity contribution >= 4 is 22.8 Å². The van der Waals surface area contributed by atoms with Crippen molar-refractivity contribution in [2.75, 3.05) is 39.4 Å². The van der Waals surface area contributed by atoms with Gasteiger partial charge < -0.3 is 57.8 Å². The largest absolute Gasteiger partial charge is 0.379 e. The van der Waals surface area contributed by atoms with Crippen molar-refractivity contribution in [3.05, 3.63) is 0 Å². The molecule has 1 fully saturated rings. The van der Waals surface area contributed by atoms with Crippen molar-refractivity contribution in [2.45, 2.75) is 50.5 Å². The number of hydrogen-bond donors (Lipinski definition) is 6. The molecule has 0 amide bonds. The van der Waals surface area contributed by atoms with Crippen LogP contribution in [0.25, 0.3) is 0 Å². The molecule has 1 saturated heterocycles. The topological polar surface area (TPSA) is 228 Å². The van der Waals surface area contributed by atoms with Gasteiger partial charge in [0, 0.05) is 13.7 Å². The molecule has 18 heteroatoms. The normalized spacial score (nSPS) is 27.6. The van der Waals surface area contributed by atoms with E-state index in [-0.39, 0.29) is 6.61 Å². The maximum absolute atomic E-state index is 11.3. The van der Waals surface area contributed by atoms with Gasteiger partial charge in [-0.25, -0.2) is 0 Å². The predicted octanol–water partition coefficient (Wildman–Crippen LogP) is -0.264. The summed E-state index contributed by atoms with van der Waals surface area (Å²) in [4.78, 5) is 55.0. The summed E-state index contributed by atoms with van der Waals surface area (Å²) in [5, 5.41) is 0. The van der Waals surface area contributed by atoms with Gasteiger partial charge >= 0.3 is 22.8 Å². The van der Waals surface area contributed by atoms with E-state index in [1.54, 1.807) is 0 Å². The van der Waals surface area contributed by atoms with E-state index in [0.29, 0.717) is 13.0 Å². The lowest BCUT2D eigenvalue weighted by Gasteiger charge is -2.45. The van der Waals surface area contributed by atoms with E-state index in [1.165, 1.54) is 7.11 Å². The van der Waals surface area contributed by atoms with Gasteiger partial charge in [0.05, 0.1) is 6.61 Å². The maximum atomic E-state index is 11.3. The summed E-state index contributed by atoms with van der Waals surface area (Å²) in [6.45, 7) is 2.10. The summed E-state index contributed by atoms with van der Waals surface area (Å²) in [7, 11) is -12.9. The van der Waals surface area contributed by atoms with Gasteiger partial charge in [-0.3, -0.25) is 13.7 Å². The molecule has 0 saturated carbocycles. The standard InChI is InChI=1S/C14H31O15P3/c1-3-4-5-25-6-10-11(26-7-30(15,16)17)12(27-8-31(18,19)20)13(14(24-2)29-10)28-9-32(21,22)23/h10-14H,3-9H2,1-2H3,(H2,15,16,17)(H2,18,19,20)(H2,21,22,23)/t10-,11+,12+,13+,14+/m1/s1. The molecule has 0 aliphatic carbocycles. The Balaban J connectivity index is 3.21. The molecule has 0 spiro atoms. The van der Waals surface area contributed by atoms with Crippen LogP contribution in [0, 0.1) is 0 Å². The van der Waals surface area contributed by atoms with E-state index in [2.05, 4.69) is 0 Å². The Bertz CT molecular complexity index is 687. The van der Waals surface area contributed by atoms with Gasteiger partial charge in [-0.2, -0.15) is 0 Å². The monoisotopic (exact) mass is 532 g/mol. The maximum Gasteiger partial charge on any atom is 0.350 e. The second-order valence-electron chi connectivity index (χ2n) is 6.98. The molecule has 5 atom stereocenters. The number of unbranched alkanes of at least 4 members (excludes halogenated alkanes) is 1. The second-order valence-corrected chi connectivity index (χ2v) is 11.7. The molecular weight excluding hydrogens is 501 g/mol. The second kappa shape index (κ2) is 13.3. The molecule has 0 aromatic heterocycles. The smallest absolute Gasteiger partial charge is 0.350 e. The highest BCUT2D eigenvalue weighted by atomic mass is 31.2. The zero-order valence-corrected chi connectivity index (χ0v) is 20.2. The summed E-state index contributed by atoms with van der Waals surface area (Å²) in [6, 6.07) is 0. The number of methoxy groups -OCH3 is 1. The van der Waals surface area contributed by atoms with Crippen molar-refractivity contribution in [3.63, 3.8) is 0 Å². The molecule has 1 aliphatic rings. The molecule has 1 rings (SSSR count). The Labute approximate surface area is 184 Å². The van der Waals surface area contributed by atoms with E-state index in [9.17, 15) is 33.3 Å². The highest BCUT2D eigenvalue weighted by Gasteiger charge is 2.50. The Kier molecular flexibility index (Phi) is 12.6. The molecule has 0 aromatic carbocycles. The van der Waals surface area contributed by atoms with Crippen LogP contribution < -0.4 is 0 Å². The molecule has 192 valence electrons. The van der Waals surface area contributed by atoms with Crippen LogP contribution in [0.2, 0.25) is 0 Å². The lowest BCUT2D eigenvalue weighted by Crippen LogP contribution is -2.62. The first-order valence-electron chi connectivity index (χ1n) is 9.41. The van der Waals surface area contributed by atoms with Crippen LogP contribution in [0.1, 0.15) is 19.8 Å². The van der Waals surface area contributed by atoms with Crippen LogP contribution in [-0.2, 0) is 42.1 Å². The molecule has 32 heavy (non-hydrogen) atoms. The first-order chi connectivity index (χ1) is 14.7. The first kappa shape index (κ1) is 30.2. The van der Waals surface area contributed by atoms with Gasteiger partial charge in [-0.15, -0.1) is 0 Å². The van der Waals surface area contributed by atoms with Crippen molar-refractivity contribution in [1.29, 1.82) is 0 Å². The minimum Gasteiger partial charge on any atom is -0.379 e. The third kappa shape index (κ3) is 12.1. The van der Waals surface area contributed by atoms with Crippen molar-refractivity contribution < 1.29 is 71.5 Å². The lowest BCUT2D eigenvalue weighted by molar-refractivity contribution is -0.312. The average molecular weight is 532 g/mol. The van der Waals surface area contributed by atoms with Gasteiger partial charge in [0.25, 0.3) is 0 Å². The molecule has 0 aromatic rings. The Morgan fingerprint density at radius 3 is 1.69 bits per heavy atom. The summed E-state index contributed by atoms with van der Waals surface area (Å²) in [5.74, 6) is 0. The summed E-state index contributed by atoms with van der Waals surface area (Å²) < 4.78 is 65.9. The van der Waals surface area contributed by atoms with Crippen LogP contribution in [0.5, 0.6) is 0 Å². The van der Waals surface area contributed by atoms with E-state index in [1.807, 2.05) is 6.92 Å². The quantitative estimate of drug-likeness (QED) is 0.118. The summed E-state index contributed by atoms with van der Waals surface area (Å²) >= 11 is 0. The number of ether oxygens (including phenoxy) is 6. The highest BCUT2D eigenvalue weighted by Crippen LogP contribution is 2.41. The van der Waals surface area contributed by atoms with E-state index in [0.717, 1.165) is 6.42 Å². The fourth-order valence-electron chi connectivity index (χ4n) is 2.76. The molecule has 0 bridgehead atoms. The van der Waals surface area contributed by atoms with Gasteiger partial charge in [0.2, 0.25) is 0 Å². The number of hydrogen-bond acceptors (Lipinski definition) is 9. The van der Waals surface area contributed by atoms with Crippen molar-refractivity contribution in [3.8, 4) is 0 Å². The zero-order chi connectivity index (χ0) is 24.6. The molecule has 15 nitrogen and oxygen atoms in total. The van der Waals surface area contributed by atoms with Crippen LogP contribution in [0.3, 0.4) is 0 Å². The average Bonchev–Trinajstić information content (AvgIpc) is 2.64. The molecule has 1 heterocycles. The minimum absolute atomic E-state index is 0.160. The Morgan fingerprint density at radius 1 is 0.781 bits per heavy atom. The van der Waals surface area contributed by atoms with Crippen LogP contribution in [0.4, 0.5) is 0 Å². The summed E-state index contributed by atoms with van der Waals surface area (Å²) in [6.07, 6.45) is -8.60. The Morgan fingerprint density at radius 2 is 1.25 bits per heavy atom. The number of rotatable bonds is 15. The van der Waals surface area contributed by atoms with E-state index >= 15 is 0 Å². The van der Waals surface area contributed by atoms with Crippen LogP contribution >= 0.6 is 22.8 Å². The van der Waals surface area contributed by atoms with Crippen LogP contribution in [0.15, 0.2) is 0 Å². The minimum atomic E-state index is -4.72. The zero-order valence-electron chi connectivity index (χ0n) is 17.5. The van der Waals surface area contributed by atoms with Crippen molar-refractivity contribution in [1.82, 2.24) is 0 Å². The first-order valence-corrected chi connectivity index (χ1v) is 14.8. The van der Waals surface area contributed by atoms with Gasteiger partial charge in [0.1, 0.15) is 43.5 Å². The van der Waals surface area contributed by atoms with E-state index < -0.39 is 72.5 Å². The highest BCUT2D eigenvalue weighted by molar-refractivity contribution is 7.52. The molecule has 1 aliphatic heterocycles. The van der Waals surface area contributed by atoms with Crippen LogP contribution in [-0.4, -0.2) is 99.4 Å². The molecular formula is C14H31O15P3. The fourth-order valence-corrected chi connectivity index (χ4v) is 3.86. The third-order valence-electron chi connectivity index (χ3n) is 4.05. The van der Waals surface area contributed by atoms with Gasteiger partial charge in [-0.05, 0) is 6.42 Å². The third-order valence-corrected chi connectivity index (χ3v) is 5.51. The Hall–Kier alpha value is 0.210. The van der Waals surface area contributed by atoms with E-state index in [4.69, 9.17) is 38.2 Å². The summed E-state index contributed by atoms with van der Waals surface area (Å²) in [5.41, 5.74) is 0. The molecule has 0 unspecified atom stereocenters. The lowest BCUT2D eigenvalue weighted by atomic mass is 9.98.